The van der Waals surface area contributed by atoms with Crippen molar-refractivity contribution in [2.24, 2.45) is 11.5 Å². The van der Waals surface area contributed by atoms with Gasteiger partial charge >= 0.3 is 0 Å². The predicted molar refractivity (Wildman–Crippen MR) is 36.8 cm³/mol. The van der Waals surface area contributed by atoms with Gasteiger partial charge < -0.3 is 16.5 Å². The fourth-order valence-electron chi connectivity index (χ4n) is 0.704. The van der Waals surface area contributed by atoms with Crippen LogP contribution in [-0.4, -0.2) is 11.5 Å². The van der Waals surface area contributed by atoms with Crippen LogP contribution in [0.15, 0.2) is 18.5 Å². The molecule has 0 fully saturated rings. The minimum Gasteiger partial charge on any atom is -0.367 e. The van der Waals surface area contributed by atoms with Gasteiger partial charge in [-0.05, 0) is 11.6 Å². The maximum Gasteiger partial charge on any atom is 0.0434 e. The fourth-order valence-corrected chi connectivity index (χ4v) is 0.704. The zero-order chi connectivity index (χ0) is 6.69. The number of aromatic nitrogens is 1. The van der Waals surface area contributed by atoms with Crippen LogP contribution in [0.4, 0.5) is 0 Å². The molecule has 9 heavy (non-hydrogen) atoms. The van der Waals surface area contributed by atoms with Crippen LogP contribution in [0.5, 0.6) is 0 Å². The summed E-state index contributed by atoms with van der Waals surface area (Å²) in [5, 5.41) is 0. The topological polar surface area (TPSA) is 67.8 Å². The minimum atomic E-state index is -0.0174. The van der Waals surface area contributed by atoms with Crippen molar-refractivity contribution in [3.63, 3.8) is 0 Å². The molecule has 1 aromatic rings. The van der Waals surface area contributed by atoms with Gasteiger partial charge in [-0.3, -0.25) is 0 Å². The van der Waals surface area contributed by atoms with Crippen LogP contribution in [0, 0.1) is 0 Å². The van der Waals surface area contributed by atoms with Crippen molar-refractivity contribution in [3.05, 3.63) is 24.0 Å². The summed E-state index contributed by atoms with van der Waals surface area (Å²) >= 11 is 0. The molecule has 0 aromatic carbocycles. The van der Waals surface area contributed by atoms with Gasteiger partial charge in [0.2, 0.25) is 0 Å². The average Bonchev–Trinajstić information content (AvgIpc) is 2.37. The lowest BCUT2D eigenvalue weighted by Crippen LogP contribution is -2.19. The van der Waals surface area contributed by atoms with Crippen LogP contribution in [0.2, 0.25) is 0 Å². The van der Waals surface area contributed by atoms with Crippen LogP contribution in [0.3, 0.4) is 0 Å². The molecular weight excluding hydrogens is 114 g/mol. The van der Waals surface area contributed by atoms with Crippen molar-refractivity contribution in [1.82, 2.24) is 4.98 Å². The van der Waals surface area contributed by atoms with E-state index in [2.05, 4.69) is 4.98 Å². The molecule has 0 saturated carbocycles. The van der Waals surface area contributed by atoms with E-state index in [0.29, 0.717) is 6.54 Å². The third kappa shape index (κ3) is 1.31. The van der Waals surface area contributed by atoms with E-state index in [9.17, 15) is 0 Å². The molecule has 0 radical (unpaired) electrons. The highest BCUT2D eigenvalue weighted by Gasteiger charge is 2.00. The predicted octanol–water partition coefficient (Wildman–Crippen LogP) is -0.0268. The Bertz CT molecular complexity index is 157. The number of hydrogen-bond donors (Lipinski definition) is 3. The molecule has 1 rings (SSSR count). The van der Waals surface area contributed by atoms with Gasteiger partial charge in [-0.15, -0.1) is 0 Å². The number of nitrogens with one attached hydrogen (secondary N) is 1. The van der Waals surface area contributed by atoms with E-state index in [-0.39, 0.29) is 6.04 Å². The highest BCUT2D eigenvalue weighted by Crippen LogP contribution is 2.05. The van der Waals surface area contributed by atoms with Crippen LogP contribution in [-0.2, 0) is 0 Å². The lowest BCUT2D eigenvalue weighted by Gasteiger charge is -2.03. The zero-order valence-electron chi connectivity index (χ0n) is 5.17. The maximum absolute atomic E-state index is 5.59. The third-order valence-electron chi connectivity index (χ3n) is 1.30. The van der Waals surface area contributed by atoms with Gasteiger partial charge in [-0.2, -0.15) is 0 Å². The van der Waals surface area contributed by atoms with Crippen LogP contribution < -0.4 is 11.5 Å². The first-order valence-electron chi connectivity index (χ1n) is 2.93. The Morgan fingerprint density at radius 3 is 2.89 bits per heavy atom. The molecule has 0 amide bonds. The molecule has 0 aliphatic heterocycles. The molecule has 1 atom stereocenters. The molecule has 0 aliphatic rings. The van der Waals surface area contributed by atoms with E-state index in [0.717, 1.165) is 5.56 Å². The Morgan fingerprint density at radius 1 is 1.67 bits per heavy atom. The molecule has 0 aliphatic carbocycles. The standard InChI is InChI=1S/C6H11N3/c7-3-6(8)5-1-2-9-4-5/h1-2,4,6,9H,3,7-8H2. The molecule has 1 aromatic heterocycles. The summed E-state index contributed by atoms with van der Waals surface area (Å²) in [4.78, 5) is 2.91. The van der Waals surface area contributed by atoms with Crippen molar-refractivity contribution in [1.29, 1.82) is 0 Å². The summed E-state index contributed by atoms with van der Waals surface area (Å²) in [5.74, 6) is 0. The molecule has 3 heteroatoms. The van der Waals surface area contributed by atoms with Gasteiger partial charge in [0.1, 0.15) is 0 Å². The van der Waals surface area contributed by atoms with Gasteiger partial charge in [0.15, 0.2) is 0 Å². The van der Waals surface area contributed by atoms with E-state index in [1.54, 1.807) is 0 Å². The Kier molecular flexibility index (Phi) is 1.87. The van der Waals surface area contributed by atoms with E-state index < -0.39 is 0 Å². The number of aromatic amines is 1. The second-order valence-corrected chi connectivity index (χ2v) is 1.99. The van der Waals surface area contributed by atoms with E-state index in [4.69, 9.17) is 11.5 Å². The van der Waals surface area contributed by atoms with Gasteiger partial charge in [0.25, 0.3) is 0 Å². The summed E-state index contributed by atoms with van der Waals surface area (Å²) in [6.45, 7) is 0.498. The Morgan fingerprint density at radius 2 is 2.44 bits per heavy atom. The number of rotatable bonds is 2. The number of nitrogens with two attached hydrogens (primary N) is 2. The minimum absolute atomic E-state index is 0.0174. The second-order valence-electron chi connectivity index (χ2n) is 1.99. The monoisotopic (exact) mass is 125 g/mol. The van der Waals surface area contributed by atoms with Crippen molar-refractivity contribution >= 4 is 0 Å². The highest BCUT2D eigenvalue weighted by molar-refractivity contribution is 5.13. The average molecular weight is 125 g/mol. The zero-order valence-corrected chi connectivity index (χ0v) is 5.17. The lowest BCUT2D eigenvalue weighted by molar-refractivity contribution is 0.738. The SMILES string of the molecule is NCC(N)c1cc[nH]c1. The molecule has 0 spiro atoms. The molecule has 0 saturated heterocycles. The van der Waals surface area contributed by atoms with Gasteiger partial charge in [-0.1, -0.05) is 0 Å². The summed E-state index contributed by atoms with van der Waals surface area (Å²) in [6, 6.07) is 1.91. The number of H-pyrrole nitrogens is 1. The number of hydrogen-bond acceptors (Lipinski definition) is 2. The molecule has 5 N–H and O–H groups in total. The summed E-state index contributed by atoms with van der Waals surface area (Å²) in [5.41, 5.74) is 12.0. The second kappa shape index (κ2) is 2.66. The third-order valence-corrected chi connectivity index (χ3v) is 1.30. The molecule has 0 bridgehead atoms. The van der Waals surface area contributed by atoms with Crippen molar-refractivity contribution in [2.45, 2.75) is 6.04 Å². The van der Waals surface area contributed by atoms with E-state index in [1.165, 1.54) is 0 Å². The van der Waals surface area contributed by atoms with Gasteiger partial charge in [0, 0.05) is 25.0 Å². The highest BCUT2D eigenvalue weighted by atomic mass is 14.7. The molecular formula is C6H11N3. The van der Waals surface area contributed by atoms with Crippen LogP contribution >= 0.6 is 0 Å². The van der Waals surface area contributed by atoms with E-state index in [1.807, 2.05) is 18.5 Å². The normalized spacial score (nSPS) is 13.6. The van der Waals surface area contributed by atoms with E-state index >= 15 is 0 Å². The molecule has 50 valence electrons. The largest absolute Gasteiger partial charge is 0.367 e. The van der Waals surface area contributed by atoms with Crippen LogP contribution in [0.25, 0.3) is 0 Å². The van der Waals surface area contributed by atoms with Crippen molar-refractivity contribution < 1.29 is 0 Å². The first-order chi connectivity index (χ1) is 4.34. The summed E-state index contributed by atoms with van der Waals surface area (Å²) in [7, 11) is 0. The quantitative estimate of drug-likeness (QED) is 0.519. The Labute approximate surface area is 54.1 Å². The Balaban J connectivity index is 2.65. The van der Waals surface area contributed by atoms with Gasteiger partial charge in [-0.25, -0.2) is 0 Å². The molecule has 3 nitrogen and oxygen atoms in total. The van der Waals surface area contributed by atoms with Gasteiger partial charge in [0.05, 0.1) is 0 Å². The smallest absolute Gasteiger partial charge is 0.0434 e. The lowest BCUT2D eigenvalue weighted by atomic mass is 10.2. The fraction of sp³-hybridized carbons (Fsp3) is 0.333. The maximum atomic E-state index is 5.59. The molecule has 1 unspecified atom stereocenters. The first-order valence-corrected chi connectivity index (χ1v) is 2.93. The first kappa shape index (κ1) is 6.32. The summed E-state index contributed by atoms with van der Waals surface area (Å²) in [6.07, 6.45) is 3.70. The van der Waals surface area contributed by atoms with Crippen molar-refractivity contribution in [2.75, 3.05) is 6.54 Å². The molecule has 1 heterocycles. The summed E-state index contributed by atoms with van der Waals surface area (Å²) < 4.78 is 0. The van der Waals surface area contributed by atoms with Crippen molar-refractivity contribution in [3.8, 4) is 0 Å². The Hall–Kier alpha value is -0.800. The van der Waals surface area contributed by atoms with Crippen LogP contribution in [0.1, 0.15) is 11.6 Å².